The van der Waals surface area contributed by atoms with Crippen LogP contribution < -0.4 is 10.6 Å². The summed E-state index contributed by atoms with van der Waals surface area (Å²) in [7, 11) is 0. The Morgan fingerprint density at radius 2 is 1.59 bits per heavy atom. The van der Waals surface area contributed by atoms with Crippen LogP contribution in [0, 0.1) is 11.8 Å². The molecule has 1 aliphatic rings. The van der Waals surface area contributed by atoms with E-state index in [1.165, 1.54) is 32.4 Å². The second kappa shape index (κ2) is 9.46. The molecule has 1 fully saturated rings. The zero-order valence-electron chi connectivity index (χ0n) is 12.2. The van der Waals surface area contributed by atoms with Crippen LogP contribution in [0.25, 0.3) is 0 Å². The summed E-state index contributed by atoms with van der Waals surface area (Å²) in [5.74, 6) is 0.750. The van der Waals surface area contributed by atoms with Gasteiger partial charge in [0, 0.05) is 14.8 Å². The van der Waals surface area contributed by atoms with Crippen molar-refractivity contribution in [2.24, 2.45) is 11.8 Å². The van der Waals surface area contributed by atoms with E-state index in [0.717, 1.165) is 0 Å². The highest BCUT2D eigenvalue weighted by molar-refractivity contribution is 5.78. The van der Waals surface area contributed by atoms with Crippen LogP contribution in [0.4, 0.5) is 0 Å². The third kappa shape index (κ3) is 9.16. The smallest absolute Gasteiger partial charge is 0.222 e. The van der Waals surface area contributed by atoms with Crippen LogP contribution >= 0.6 is 0 Å². The van der Waals surface area contributed by atoms with E-state index < -0.39 is 0 Å². The molecule has 0 unspecified atom stereocenters. The first-order chi connectivity index (χ1) is 7.95. The first-order valence-corrected chi connectivity index (χ1v) is 6.96. The molecule has 1 atom stereocenters. The lowest BCUT2D eigenvalue weighted by Gasteiger charge is -2.18. The standard InChI is InChI=1S/C9H19NO.C5H11N.2H2/c1-6(2)8(5)10-9(11)7(3)4;1-2-4-6-5-3-1;;/h6-8H,1-5H3,(H,10,11);6H,1-5H2;2*1H/t8-;;;/m0.../s1. The number of rotatable bonds is 3. The minimum Gasteiger partial charge on any atom is -0.353 e. The second-order valence-electron chi connectivity index (χ2n) is 5.51. The minimum absolute atomic E-state index is 0. The van der Waals surface area contributed by atoms with E-state index in [9.17, 15) is 4.79 Å². The maximum absolute atomic E-state index is 11.1. The molecule has 0 bridgehead atoms. The normalized spacial score (nSPS) is 17.4. The van der Waals surface area contributed by atoms with Crippen molar-refractivity contribution in [2.75, 3.05) is 13.1 Å². The summed E-state index contributed by atoms with van der Waals surface area (Å²) in [6, 6.07) is 0.282. The molecule has 106 valence electrons. The van der Waals surface area contributed by atoms with Crippen molar-refractivity contribution in [2.45, 2.75) is 59.9 Å². The molecule has 0 spiro atoms. The van der Waals surface area contributed by atoms with Gasteiger partial charge in [0.2, 0.25) is 5.91 Å². The number of piperidine rings is 1. The Balaban J connectivity index is -0.000000274. The summed E-state index contributed by atoms with van der Waals surface area (Å²) in [6.45, 7) is 12.5. The Bertz CT molecular complexity index is 196. The van der Waals surface area contributed by atoms with Gasteiger partial charge in [0.1, 0.15) is 0 Å². The predicted molar refractivity (Wildman–Crippen MR) is 78.2 cm³/mol. The fourth-order valence-corrected chi connectivity index (χ4v) is 1.36. The molecule has 2 N–H and O–H groups in total. The molecule has 0 aliphatic carbocycles. The summed E-state index contributed by atoms with van der Waals surface area (Å²) >= 11 is 0. The van der Waals surface area contributed by atoms with E-state index in [0.29, 0.717) is 5.92 Å². The quantitative estimate of drug-likeness (QED) is 0.803. The average molecular weight is 246 g/mol. The molecule has 1 amide bonds. The van der Waals surface area contributed by atoms with Crippen molar-refractivity contribution in [3.63, 3.8) is 0 Å². The summed E-state index contributed by atoms with van der Waals surface area (Å²) in [6.07, 6.45) is 4.22. The van der Waals surface area contributed by atoms with Crippen molar-refractivity contribution in [3.05, 3.63) is 0 Å². The molecule has 0 aromatic heterocycles. The molecule has 1 heterocycles. The van der Waals surface area contributed by atoms with Crippen molar-refractivity contribution in [3.8, 4) is 0 Å². The second-order valence-corrected chi connectivity index (χ2v) is 5.51. The van der Waals surface area contributed by atoms with Gasteiger partial charge in [-0.1, -0.05) is 34.1 Å². The number of carbonyl (C=O) groups excluding carboxylic acids is 1. The van der Waals surface area contributed by atoms with Gasteiger partial charge in [0.15, 0.2) is 0 Å². The van der Waals surface area contributed by atoms with Gasteiger partial charge in [-0.15, -0.1) is 0 Å². The van der Waals surface area contributed by atoms with Gasteiger partial charge in [-0.05, 0) is 38.8 Å². The maximum Gasteiger partial charge on any atom is 0.222 e. The van der Waals surface area contributed by atoms with E-state index in [1.54, 1.807) is 0 Å². The number of carbonyl (C=O) groups is 1. The van der Waals surface area contributed by atoms with Crippen LogP contribution in [0.5, 0.6) is 0 Å². The molecular weight excluding hydrogens is 212 g/mol. The topological polar surface area (TPSA) is 41.1 Å². The third-order valence-corrected chi connectivity index (χ3v) is 3.10. The van der Waals surface area contributed by atoms with Crippen LogP contribution in [0.15, 0.2) is 0 Å². The number of hydrogen-bond donors (Lipinski definition) is 2. The zero-order chi connectivity index (χ0) is 13.3. The fourth-order valence-electron chi connectivity index (χ4n) is 1.36. The Labute approximate surface area is 110 Å². The SMILES string of the molecule is C1CCNCC1.CC(C)C(=O)N[C@@H](C)C(C)C.[HH].[HH]. The largest absolute Gasteiger partial charge is 0.353 e. The summed E-state index contributed by atoms with van der Waals surface area (Å²) in [5, 5.41) is 6.22. The van der Waals surface area contributed by atoms with Crippen LogP contribution in [0.1, 0.15) is 56.7 Å². The lowest BCUT2D eigenvalue weighted by molar-refractivity contribution is -0.124. The fraction of sp³-hybridized carbons (Fsp3) is 0.929. The van der Waals surface area contributed by atoms with Crippen LogP contribution in [0.2, 0.25) is 0 Å². The number of hydrogen-bond acceptors (Lipinski definition) is 2. The van der Waals surface area contributed by atoms with Crippen LogP contribution in [0.3, 0.4) is 0 Å². The Morgan fingerprint density at radius 3 is 1.82 bits per heavy atom. The van der Waals surface area contributed by atoms with Crippen molar-refractivity contribution in [1.29, 1.82) is 0 Å². The van der Waals surface area contributed by atoms with E-state index in [4.69, 9.17) is 0 Å². The van der Waals surface area contributed by atoms with Crippen LogP contribution in [-0.2, 0) is 4.79 Å². The molecule has 0 saturated carbocycles. The Morgan fingerprint density at radius 1 is 1.06 bits per heavy atom. The van der Waals surface area contributed by atoms with Gasteiger partial charge < -0.3 is 10.6 Å². The summed E-state index contributed by atoms with van der Waals surface area (Å²) < 4.78 is 0. The molecule has 0 aromatic carbocycles. The Kier molecular flexibility index (Phi) is 9.14. The minimum atomic E-state index is 0. The monoisotopic (exact) mass is 246 g/mol. The van der Waals surface area contributed by atoms with Crippen LogP contribution in [-0.4, -0.2) is 25.0 Å². The highest BCUT2D eigenvalue weighted by Crippen LogP contribution is 2.01. The molecule has 1 rings (SSSR count). The van der Waals surface area contributed by atoms with Gasteiger partial charge in [0.25, 0.3) is 0 Å². The molecular formula is C14H34N2O. The summed E-state index contributed by atoms with van der Waals surface area (Å²) in [5.41, 5.74) is 0. The number of amides is 1. The van der Waals surface area contributed by atoms with Crippen molar-refractivity contribution in [1.82, 2.24) is 10.6 Å². The molecule has 17 heavy (non-hydrogen) atoms. The third-order valence-electron chi connectivity index (χ3n) is 3.10. The molecule has 0 radical (unpaired) electrons. The number of nitrogens with one attached hydrogen (secondary N) is 2. The van der Waals surface area contributed by atoms with E-state index in [1.807, 2.05) is 20.8 Å². The van der Waals surface area contributed by atoms with Gasteiger partial charge in [-0.2, -0.15) is 0 Å². The molecule has 1 aliphatic heterocycles. The molecule has 0 aromatic rings. The van der Waals surface area contributed by atoms with Crippen molar-refractivity contribution < 1.29 is 7.65 Å². The molecule has 3 heteroatoms. The van der Waals surface area contributed by atoms with E-state index >= 15 is 0 Å². The van der Waals surface area contributed by atoms with Crippen molar-refractivity contribution >= 4 is 5.91 Å². The zero-order valence-corrected chi connectivity index (χ0v) is 12.2. The molecule has 3 nitrogen and oxygen atoms in total. The first-order valence-electron chi connectivity index (χ1n) is 6.96. The lowest BCUT2D eigenvalue weighted by Crippen LogP contribution is -2.38. The highest BCUT2D eigenvalue weighted by Gasteiger charge is 2.12. The maximum atomic E-state index is 11.1. The Hall–Kier alpha value is -0.570. The lowest BCUT2D eigenvalue weighted by atomic mass is 10.1. The predicted octanol–water partition coefficient (Wildman–Crippen LogP) is 3.06. The average Bonchev–Trinajstić information content (AvgIpc) is 2.31. The van der Waals surface area contributed by atoms with E-state index in [2.05, 4.69) is 24.5 Å². The highest BCUT2D eigenvalue weighted by atomic mass is 16.1. The van der Waals surface area contributed by atoms with Gasteiger partial charge in [-0.25, -0.2) is 0 Å². The first kappa shape index (κ1) is 16.4. The van der Waals surface area contributed by atoms with Gasteiger partial charge in [-0.3, -0.25) is 4.79 Å². The summed E-state index contributed by atoms with van der Waals surface area (Å²) in [4.78, 5) is 11.1. The van der Waals surface area contributed by atoms with Gasteiger partial charge in [0.05, 0.1) is 0 Å². The van der Waals surface area contributed by atoms with E-state index in [-0.39, 0.29) is 20.7 Å². The molecule has 1 saturated heterocycles. The van der Waals surface area contributed by atoms with Gasteiger partial charge >= 0.3 is 0 Å².